The number of carbonyl (C=O) groups is 1. The summed E-state index contributed by atoms with van der Waals surface area (Å²) in [6.07, 6.45) is 3.31. The van der Waals surface area contributed by atoms with Crippen LogP contribution in [-0.2, 0) is 4.74 Å². The maximum atomic E-state index is 12.4. The number of likely N-dealkylation sites (tertiary alicyclic amines) is 1. The molecule has 28 heavy (non-hydrogen) atoms. The highest BCUT2D eigenvalue weighted by Crippen LogP contribution is 2.30. The second-order valence-electron chi connectivity index (χ2n) is 7.91. The van der Waals surface area contributed by atoms with Gasteiger partial charge in [0.15, 0.2) is 0 Å². The van der Waals surface area contributed by atoms with E-state index in [2.05, 4.69) is 11.1 Å². The smallest absolute Gasteiger partial charge is 0.410 e. The lowest BCUT2D eigenvalue weighted by molar-refractivity contribution is 0.0187. The van der Waals surface area contributed by atoms with Crippen LogP contribution in [0.15, 0.2) is 24.4 Å². The Kier molecular flexibility index (Phi) is 5.90. The van der Waals surface area contributed by atoms with E-state index in [9.17, 15) is 10.1 Å². The number of aryl methyl sites for hydroxylation is 1. The van der Waals surface area contributed by atoms with E-state index >= 15 is 0 Å². The minimum atomic E-state index is -0.521. The van der Waals surface area contributed by atoms with E-state index in [-0.39, 0.29) is 12.1 Å². The van der Waals surface area contributed by atoms with Gasteiger partial charge in [0.05, 0.1) is 17.7 Å². The van der Waals surface area contributed by atoms with Gasteiger partial charge in [-0.15, -0.1) is 11.3 Å². The molecule has 3 rings (SSSR count). The minimum Gasteiger partial charge on any atom is -0.491 e. The number of hydrogen-bond donors (Lipinski definition) is 0. The molecule has 0 radical (unpaired) electrons. The number of aromatic nitrogens is 1. The highest BCUT2D eigenvalue weighted by Gasteiger charge is 2.32. The molecule has 0 unspecified atom stereocenters. The molecule has 6 nitrogen and oxygen atoms in total. The number of amides is 1. The van der Waals surface area contributed by atoms with Crippen LogP contribution in [0.25, 0.3) is 10.6 Å². The summed E-state index contributed by atoms with van der Waals surface area (Å²) in [7, 11) is 0. The summed E-state index contributed by atoms with van der Waals surface area (Å²) >= 11 is 1.58. The third-order valence-corrected chi connectivity index (χ3v) is 5.31. The van der Waals surface area contributed by atoms with Crippen molar-refractivity contribution >= 4 is 17.4 Å². The molecule has 1 aliphatic rings. The molecular formula is C21H25N3O3S. The summed E-state index contributed by atoms with van der Waals surface area (Å²) < 4.78 is 11.5. The van der Waals surface area contributed by atoms with Gasteiger partial charge in [0, 0.05) is 23.2 Å². The topological polar surface area (TPSA) is 75.5 Å². The van der Waals surface area contributed by atoms with Crippen molar-refractivity contribution in [2.75, 3.05) is 13.2 Å². The summed E-state index contributed by atoms with van der Waals surface area (Å²) in [5.74, 6) is 0.609. The summed E-state index contributed by atoms with van der Waals surface area (Å²) in [4.78, 5) is 19.7. The Hall–Kier alpha value is -2.59. The molecule has 1 atom stereocenters. The third kappa shape index (κ3) is 5.02. The number of nitrogens with zero attached hydrogens (tertiary/aromatic N) is 3. The third-order valence-electron chi connectivity index (χ3n) is 4.35. The molecule has 7 heteroatoms. The Morgan fingerprint density at radius 2 is 2.18 bits per heavy atom. The lowest BCUT2D eigenvalue weighted by Crippen LogP contribution is -2.42. The van der Waals surface area contributed by atoms with Crippen molar-refractivity contribution in [1.29, 1.82) is 5.26 Å². The van der Waals surface area contributed by atoms with Crippen LogP contribution >= 0.6 is 11.3 Å². The summed E-state index contributed by atoms with van der Waals surface area (Å²) in [5, 5.41) is 10.2. The average molecular weight is 400 g/mol. The molecule has 1 aromatic carbocycles. The maximum absolute atomic E-state index is 12.4. The van der Waals surface area contributed by atoms with Crippen LogP contribution in [0.1, 0.15) is 44.1 Å². The van der Waals surface area contributed by atoms with Crippen LogP contribution in [0.3, 0.4) is 0 Å². The van der Waals surface area contributed by atoms with E-state index in [1.807, 2.05) is 46.0 Å². The molecule has 1 saturated heterocycles. The van der Waals surface area contributed by atoms with Crippen molar-refractivity contribution in [2.45, 2.75) is 52.2 Å². The van der Waals surface area contributed by atoms with Gasteiger partial charge in [-0.2, -0.15) is 5.26 Å². The SMILES string of the molecule is Cc1cnc(-c2cc(C#N)cc(OC[C@@H]3CCCN3C(=O)OC(C)(C)C)c2)s1. The normalized spacial score (nSPS) is 16.7. The molecule has 0 saturated carbocycles. The molecule has 1 aliphatic heterocycles. The zero-order chi connectivity index (χ0) is 20.3. The van der Waals surface area contributed by atoms with Gasteiger partial charge in [0.25, 0.3) is 0 Å². The van der Waals surface area contributed by atoms with Crippen LogP contribution in [0.2, 0.25) is 0 Å². The van der Waals surface area contributed by atoms with Gasteiger partial charge in [-0.05, 0) is 58.7 Å². The highest BCUT2D eigenvalue weighted by atomic mass is 32.1. The molecular weight excluding hydrogens is 374 g/mol. The first kappa shape index (κ1) is 20.2. The summed E-state index contributed by atoms with van der Waals surface area (Å²) in [6.45, 7) is 8.62. The fourth-order valence-electron chi connectivity index (χ4n) is 3.12. The van der Waals surface area contributed by atoms with Gasteiger partial charge in [-0.1, -0.05) is 0 Å². The molecule has 0 N–H and O–H groups in total. The van der Waals surface area contributed by atoms with Gasteiger partial charge in [-0.25, -0.2) is 9.78 Å². The second kappa shape index (κ2) is 8.19. The predicted octanol–water partition coefficient (Wildman–Crippen LogP) is 4.77. The Bertz CT molecular complexity index is 895. The molecule has 0 spiro atoms. The van der Waals surface area contributed by atoms with Crippen LogP contribution in [0.4, 0.5) is 4.79 Å². The molecule has 1 amide bonds. The van der Waals surface area contributed by atoms with E-state index in [1.54, 1.807) is 22.3 Å². The van der Waals surface area contributed by atoms with Crippen molar-refractivity contribution in [2.24, 2.45) is 0 Å². The largest absolute Gasteiger partial charge is 0.491 e. The Morgan fingerprint density at radius 3 is 2.82 bits per heavy atom. The lowest BCUT2D eigenvalue weighted by Gasteiger charge is -2.28. The fraction of sp³-hybridized carbons (Fsp3) is 0.476. The van der Waals surface area contributed by atoms with E-state index in [4.69, 9.17) is 9.47 Å². The number of ether oxygens (including phenoxy) is 2. The van der Waals surface area contributed by atoms with Crippen molar-refractivity contribution < 1.29 is 14.3 Å². The average Bonchev–Trinajstić information content (AvgIpc) is 3.27. The Balaban J connectivity index is 1.71. The zero-order valence-electron chi connectivity index (χ0n) is 16.7. The van der Waals surface area contributed by atoms with Gasteiger partial charge in [-0.3, -0.25) is 0 Å². The van der Waals surface area contributed by atoms with Gasteiger partial charge in [0.1, 0.15) is 23.0 Å². The van der Waals surface area contributed by atoms with Crippen LogP contribution in [0.5, 0.6) is 5.75 Å². The maximum Gasteiger partial charge on any atom is 0.410 e. The van der Waals surface area contributed by atoms with Crippen molar-refractivity contribution in [1.82, 2.24) is 9.88 Å². The highest BCUT2D eigenvalue weighted by molar-refractivity contribution is 7.14. The molecule has 2 heterocycles. The van der Waals surface area contributed by atoms with E-state index in [0.29, 0.717) is 24.5 Å². The first-order valence-electron chi connectivity index (χ1n) is 9.35. The van der Waals surface area contributed by atoms with Crippen molar-refractivity contribution in [3.63, 3.8) is 0 Å². The second-order valence-corrected chi connectivity index (χ2v) is 9.15. The molecule has 2 aromatic rings. The molecule has 0 bridgehead atoms. The molecule has 148 valence electrons. The number of thiazole rings is 1. The first-order valence-corrected chi connectivity index (χ1v) is 10.2. The van der Waals surface area contributed by atoms with Crippen LogP contribution in [0, 0.1) is 18.3 Å². The number of rotatable bonds is 4. The van der Waals surface area contributed by atoms with Crippen LogP contribution < -0.4 is 4.74 Å². The first-order chi connectivity index (χ1) is 13.2. The monoisotopic (exact) mass is 399 g/mol. The Morgan fingerprint density at radius 1 is 1.39 bits per heavy atom. The fourth-order valence-corrected chi connectivity index (χ4v) is 3.87. The number of nitriles is 1. The van der Waals surface area contributed by atoms with Gasteiger partial charge < -0.3 is 14.4 Å². The van der Waals surface area contributed by atoms with E-state index in [0.717, 1.165) is 28.3 Å². The van der Waals surface area contributed by atoms with E-state index in [1.165, 1.54) is 0 Å². The van der Waals surface area contributed by atoms with Crippen molar-refractivity contribution in [3.8, 4) is 22.4 Å². The lowest BCUT2D eigenvalue weighted by atomic mass is 10.1. The van der Waals surface area contributed by atoms with Crippen molar-refractivity contribution in [3.05, 3.63) is 34.8 Å². The van der Waals surface area contributed by atoms with Crippen LogP contribution in [-0.4, -0.2) is 40.8 Å². The number of carbonyl (C=O) groups excluding carboxylic acids is 1. The molecule has 1 aromatic heterocycles. The zero-order valence-corrected chi connectivity index (χ0v) is 17.5. The minimum absolute atomic E-state index is 0.0360. The molecule has 0 aliphatic carbocycles. The standard InChI is InChI=1S/C21H25N3O3S/c1-14-12-23-19(28-14)16-8-15(11-22)9-18(10-16)26-13-17-6-5-7-24(17)20(25)27-21(2,3)4/h8-10,12,17H,5-7,13H2,1-4H3/t17-/m0/s1. The quantitative estimate of drug-likeness (QED) is 0.740. The summed E-state index contributed by atoms with van der Waals surface area (Å²) in [5.41, 5.74) is 0.866. The number of hydrogen-bond acceptors (Lipinski definition) is 6. The predicted molar refractivity (Wildman–Crippen MR) is 108 cm³/mol. The number of benzene rings is 1. The van der Waals surface area contributed by atoms with Gasteiger partial charge >= 0.3 is 6.09 Å². The van der Waals surface area contributed by atoms with Gasteiger partial charge in [0.2, 0.25) is 0 Å². The summed E-state index contributed by atoms with van der Waals surface area (Å²) in [6, 6.07) is 7.57. The Labute approximate surface area is 169 Å². The van der Waals surface area contributed by atoms with E-state index < -0.39 is 5.60 Å². The molecule has 1 fully saturated rings.